The van der Waals surface area contributed by atoms with Gasteiger partial charge in [0.15, 0.2) is 0 Å². The molecule has 1 rings (SSSR count). The summed E-state index contributed by atoms with van der Waals surface area (Å²) in [6.45, 7) is 1.45. The Morgan fingerprint density at radius 1 is 1.43 bits per heavy atom. The van der Waals surface area contributed by atoms with Crippen molar-refractivity contribution in [2.45, 2.75) is 11.8 Å². The van der Waals surface area contributed by atoms with Gasteiger partial charge in [0.05, 0.1) is 4.90 Å². The van der Waals surface area contributed by atoms with Crippen LogP contribution >= 0.6 is 11.6 Å². The van der Waals surface area contributed by atoms with Crippen molar-refractivity contribution in [1.29, 1.82) is 0 Å². The fourth-order valence-electron chi connectivity index (χ4n) is 0.933. The number of benzene rings is 1. The van der Waals surface area contributed by atoms with Crippen molar-refractivity contribution in [1.82, 2.24) is 0 Å². The van der Waals surface area contributed by atoms with Crippen molar-refractivity contribution in [2.24, 2.45) is 0 Å². The second-order valence-corrected chi connectivity index (χ2v) is 4.34. The molecular formula is C7H7ClNNaO3S. The summed E-state index contributed by atoms with van der Waals surface area (Å²) in [6, 6.07) is 2.50. The number of halogens is 1. The summed E-state index contributed by atoms with van der Waals surface area (Å²) >= 11 is 5.64. The molecule has 2 N–H and O–H groups in total. The van der Waals surface area contributed by atoms with Crippen molar-refractivity contribution in [3.05, 3.63) is 22.7 Å². The first-order valence-corrected chi connectivity index (χ1v) is 5.12. The molecule has 0 bridgehead atoms. The zero-order valence-corrected chi connectivity index (χ0v) is 11.3. The number of hydrogen-bond donors (Lipinski definition) is 1. The van der Waals surface area contributed by atoms with E-state index in [4.69, 9.17) is 17.3 Å². The summed E-state index contributed by atoms with van der Waals surface area (Å²) < 4.78 is 32.1. The normalized spacial score (nSPS) is 10.8. The molecule has 0 aliphatic heterocycles. The zero-order valence-electron chi connectivity index (χ0n) is 7.74. The minimum Gasteiger partial charge on any atom is -0.744 e. The summed E-state index contributed by atoms with van der Waals surface area (Å²) in [5.74, 6) is 0. The van der Waals surface area contributed by atoms with Gasteiger partial charge in [0.2, 0.25) is 0 Å². The Morgan fingerprint density at radius 2 is 1.93 bits per heavy atom. The molecule has 0 aromatic heterocycles. The fraction of sp³-hybridized carbons (Fsp3) is 0.143. The van der Waals surface area contributed by atoms with Gasteiger partial charge in [-0.3, -0.25) is 0 Å². The van der Waals surface area contributed by atoms with Crippen LogP contribution in [-0.4, -0.2) is 13.0 Å². The third-order valence-electron chi connectivity index (χ3n) is 1.59. The third-order valence-corrected chi connectivity index (χ3v) is 2.94. The van der Waals surface area contributed by atoms with Crippen LogP contribution in [0.4, 0.5) is 5.69 Å². The van der Waals surface area contributed by atoms with E-state index in [0.717, 1.165) is 6.07 Å². The third kappa shape index (κ3) is 3.12. The molecule has 0 heterocycles. The van der Waals surface area contributed by atoms with E-state index in [1.807, 2.05) is 0 Å². The second-order valence-electron chi connectivity index (χ2n) is 2.58. The number of hydrogen-bond acceptors (Lipinski definition) is 4. The zero-order chi connectivity index (χ0) is 10.2. The summed E-state index contributed by atoms with van der Waals surface area (Å²) in [4.78, 5) is -0.363. The summed E-state index contributed by atoms with van der Waals surface area (Å²) in [7, 11) is -4.49. The molecule has 0 aliphatic rings. The summed E-state index contributed by atoms with van der Waals surface area (Å²) in [6.07, 6.45) is 0. The van der Waals surface area contributed by atoms with E-state index in [0.29, 0.717) is 0 Å². The summed E-state index contributed by atoms with van der Waals surface area (Å²) in [5, 5.41) is 0.175. The van der Waals surface area contributed by atoms with Crippen LogP contribution < -0.4 is 35.3 Å². The Labute approximate surface area is 109 Å². The Bertz CT molecular complexity index is 446. The van der Waals surface area contributed by atoms with E-state index in [2.05, 4.69) is 0 Å². The van der Waals surface area contributed by atoms with Crippen LogP contribution in [0.15, 0.2) is 17.0 Å². The van der Waals surface area contributed by atoms with Crippen LogP contribution in [0.25, 0.3) is 0 Å². The van der Waals surface area contributed by atoms with Gasteiger partial charge < -0.3 is 10.3 Å². The van der Waals surface area contributed by atoms with Gasteiger partial charge in [0, 0.05) is 10.7 Å². The SMILES string of the molecule is Cc1c(Cl)cc(N)cc1S(=O)(=O)[O-].[Na+]. The average molecular weight is 244 g/mol. The van der Waals surface area contributed by atoms with E-state index in [1.54, 1.807) is 0 Å². The molecule has 0 aliphatic carbocycles. The molecule has 0 saturated carbocycles. The van der Waals surface area contributed by atoms with Gasteiger partial charge in [0.25, 0.3) is 0 Å². The predicted octanol–water partition coefficient (Wildman–Crippen LogP) is -1.86. The monoisotopic (exact) mass is 243 g/mol. The Hall–Kier alpha value is 0.220. The molecule has 0 fully saturated rings. The molecule has 0 radical (unpaired) electrons. The molecule has 0 atom stereocenters. The first-order valence-electron chi connectivity index (χ1n) is 3.34. The number of anilines is 1. The molecule has 0 unspecified atom stereocenters. The van der Waals surface area contributed by atoms with E-state index >= 15 is 0 Å². The standard InChI is InChI=1S/C7H8ClNO3S.Na/c1-4-6(8)2-5(9)3-7(4)13(10,11)12;/h2-3H,9H2,1H3,(H,10,11,12);/q;+1/p-1. The van der Waals surface area contributed by atoms with Crippen LogP contribution in [0.2, 0.25) is 5.02 Å². The van der Waals surface area contributed by atoms with Crippen LogP contribution in [0.1, 0.15) is 5.56 Å². The topological polar surface area (TPSA) is 83.2 Å². The summed E-state index contributed by atoms with van der Waals surface area (Å²) in [5.41, 5.74) is 5.72. The number of nitrogen functional groups attached to an aromatic ring is 1. The maximum atomic E-state index is 10.7. The first kappa shape index (κ1) is 14.2. The maximum Gasteiger partial charge on any atom is 1.00 e. The molecule has 1 aromatic rings. The van der Waals surface area contributed by atoms with Crippen molar-refractivity contribution >= 4 is 27.4 Å². The molecule has 0 spiro atoms. The predicted molar refractivity (Wildman–Crippen MR) is 48.6 cm³/mol. The second kappa shape index (κ2) is 4.83. The molecule has 7 heteroatoms. The molecule has 4 nitrogen and oxygen atoms in total. The van der Waals surface area contributed by atoms with Gasteiger partial charge in [-0.05, 0) is 24.6 Å². The van der Waals surface area contributed by atoms with Crippen LogP contribution in [0.3, 0.4) is 0 Å². The van der Waals surface area contributed by atoms with Gasteiger partial charge in [-0.25, -0.2) is 8.42 Å². The van der Waals surface area contributed by atoms with Crippen molar-refractivity contribution < 1.29 is 42.5 Å². The Kier molecular flexibility index (Phi) is 4.90. The quantitative estimate of drug-likeness (QED) is 0.356. The van der Waals surface area contributed by atoms with E-state index in [-0.39, 0.29) is 50.7 Å². The van der Waals surface area contributed by atoms with Gasteiger partial charge >= 0.3 is 29.6 Å². The van der Waals surface area contributed by atoms with Crippen molar-refractivity contribution in [3.63, 3.8) is 0 Å². The fourth-order valence-corrected chi connectivity index (χ4v) is 1.98. The Balaban J connectivity index is 0.00000169. The van der Waals surface area contributed by atoms with Gasteiger partial charge in [-0.1, -0.05) is 11.6 Å². The van der Waals surface area contributed by atoms with Gasteiger partial charge in [0.1, 0.15) is 10.1 Å². The first-order chi connectivity index (χ1) is 5.82. The molecule has 0 saturated heterocycles. The van der Waals surface area contributed by atoms with E-state index in [9.17, 15) is 13.0 Å². The Morgan fingerprint density at radius 3 is 2.36 bits per heavy atom. The van der Waals surface area contributed by atoms with E-state index in [1.165, 1.54) is 13.0 Å². The average Bonchev–Trinajstić information content (AvgIpc) is 1.94. The number of nitrogens with two attached hydrogens (primary N) is 1. The maximum absolute atomic E-state index is 10.7. The van der Waals surface area contributed by atoms with Gasteiger partial charge in [-0.15, -0.1) is 0 Å². The number of rotatable bonds is 1. The molecule has 72 valence electrons. The molecular weight excluding hydrogens is 237 g/mol. The van der Waals surface area contributed by atoms with E-state index < -0.39 is 10.1 Å². The molecule has 14 heavy (non-hydrogen) atoms. The van der Waals surface area contributed by atoms with Crippen LogP contribution in [0.5, 0.6) is 0 Å². The molecule has 0 amide bonds. The minimum atomic E-state index is -4.49. The molecule has 1 aromatic carbocycles. The minimum absolute atomic E-state index is 0. The van der Waals surface area contributed by atoms with Crippen molar-refractivity contribution in [3.8, 4) is 0 Å². The smallest absolute Gasteiger partial charge is 0.744 e. The van der Waals surface area contributed by atoms with Crippen molar-refractivity contribution in [2.75, 3.05) is 5.73 Å². The van der Waals surface area contributed by atoms with Gasteiger partial charge in [-0.2, -0.15) is 0 Å². The van der Waals surface area contributed by atoms with Crippen LogP contribution in [-0.2, 0) is 10.1 Å². The largest absolute Gasteiger partial charge is 1.00 e. The van der Waals surface area contributed by atoms with Crippen LogP contribution in [0, 0.1) is 6.92 Å².